The highest BCUT2D eigenvalue weighted by atomic mass is 35.5. The SMILES string of the molecule is COCc1ccc(CCCN)cc1.Cl. The molecule has 0 heterocycles. The van der Waals surface area contributed by atoms with E-state index in [4.69, 9.17) is 10.5 Å². The van der Waals surface area contributed by atoms with Crippen LogP contribution in [0.1, 0.15) is 17.5 Å². The van der Waals surface area contributed by atoms with Crippen LogP contribution in [-0.2, 0) is 17.8 Å². The molecule has 0 aliphatic rings. The van der Waals surface area contributed by atoms with Crippen LogP contribution in [0.2, 0.25) is 0 Å². The summed E-state index contributed by atoms with van der Waals surface area (Å²) in [6.07, 6.45) is 2.13. The molecular weight excluding hydrogens is 198 g/mol. The van der Waals surface area contributed by atoms with E-state index in [1.807, 2.05) is 0 Å². The normalized spacial score (nSPS) is 9.57. The Hall–Kier alpha value is -0.570. The van der Waals surface area contributed by atoms with Gasteiger partial charge < -0.3 is 10.5 Å². The highest BCUT2D eigenvalue weighted by molar-refractivity contribution is 5.85. The first-order chi connectivity index (χ1) is 6.36. The van der Waals surface area contributed by atoms with Crippen molar-refractivity contribution in [3.8, 4) is 0 Å². The molecule has 3 heteroatoms. The maximum absolute atomic E-state index is 5.43. The topological polar surface area (TPSA) is 35.2 Å². The first kappa shape index (κ1) is 13.4. The van der Waals surface area contributed by atoms with Crippen LogP contribution in [0.15, 0.2) is 24.3 Å². The molecule has 0 aromatic heterocycles. The molecule has 1 aromatic carbocycles. The Morgan fingerprint density at radius 2 is 1.71 bits per heavy atom. The van der Waals surface area contributed by atoms with Gasteiger partial charge in [-0.1, -0.05) is 24.3 Å². The van der Waals surface area contributed by atoms with Crippen molar-refractivity contribution in [1.29, 1.82) is 0 Å². The largest absolute Gasteiger partial charge is 0.380 e. The number of halogens is 1. The van der Waals surface area contributed by atoms with Gasteiger partial charge in [0.15, 0.2) is 0 Å². The molecule has 0 amide bonds. The number of ether oxygens (including phenoxy) is 1. The number of hydrogen-bond acceptors (Lipinski definition) is 2. The van der Waals surface area contributed by atoms with Gasteiger partial charge in [0.2, 0.25) is 0 Å². The fraction of sp³-hybridized carbons (Fsp3) is 0.455. The van der Waals surface area contributed by atoms with Crippen LogP contribution in [0.4, 0.5) is 0 Å². The molecule has 2 N–H and O–H groups in total. The molecule has 14 heavy (non-hydrogen) atoms. The summed E-state index contributed by atoms with van der Waals surface area (Å²) in [6.45, 7) is 1.46. The molecule has 0 aliphatic heterocycles. The fourth-order valence-electron chi connectivity index (χ4n) is 1.28. The average molecular weight is 216 g/mol. The van der Waals surface area contributed by atoms with Gasteiger partial charge in [-0.3, -0.25) is 0 Å². The minimum Gasteiger partial charge on any atom is -0.380 e. The third-order valence-electron chi connectivity index (χ3n) is 2.00. The number of nitrogens with two attached hydrogens (primary N) is 1. The van der Waals surface area contributed by atoms with Crippen LogP contribution in [-0.4, -0.2) is 13.7 Å². The third-order valence-corrected chi connectivity index (χ3v) is 2.00. The van der Waals surface area contributed by atoms with E-state index in [0.717, 1.165) is 19.4 Å². The van der Waals surface area contributed by atoms with Gasteiger partial charge in [-0.2, -0.15) is 0 Å². The Balaban J connectivity index is 0.00000169. The molecule has 0 aliphatic carbocycles. The van der Waals surface area contributed by atoms with Gasteiger partial charge >= 0.3 is 0 Å². The van der Waals surface area contributed by atoms with Crippen LogP contribution < -0.4 is 5.73 Å². The lowest BCUT2D eigenvalue weighted by Crippen LogP contribution is -2.00. The molecule has 0 radical (unpaired) electrons. The lowest BCUT2D eigenvalue weighted by Gasteiger charge is -2.02. The zero-order valence-electron chi connectivity index (χ0n) is 8.53. The second-order valence-electron chi connectivity index (χ2n) is 3.14. The monoisotopic (exact) mass is 215 g/mol. The molecule has 2 nitrogen and oxygen atoms in total. The summed E-state index contributed by atoms with van der Waals surface area (Å²) in [4.78, 5) is 0. The first-order valence-corrected chi connectivity index (χ1v) is 4.63. The lowest BCUT2D eigenvalue weighted by molar-refractivity contribution is 0.185. The van der Waals surface area contributed by atoms with Gasteiger partial charge in [0.05, 0.1) is 6.61 Å². The fourth-order valence-corrected chi connectivity index (χ4v) is 1.28. The summed E-state index contributed by atoms with van der Waals surface area (Å²) in [7, 11) is 1.71. The lowest BCUT2D eigenvalue weighted by atomic mass is 10.1. The number of rotatable bonds is 5. The minimum atomic E-state index is 0. The second-order valence-corrected chi connectivity index (χ2v) is 3.14. The van der Waals surface area contributed by atoms with Gasteiger partial charge in [-0.15, -0.1) is 12.4 Å². The summed E-state index contributed by atoms with van der Waals surface area (Å²) in [5.41, 5.74) is 8.01. The maximum atomic E-state index is 5.43. The third kappa shape index (κ3) is 4.61. The van der Waals surface area contributed by atoms with Crippen molar-refractivity contribution in [2.75, 3.05) is 13.7 Å². The molecular formula is C11H18ClNO. The van der Waals surface area contributed by atoms with E-state index in [2.05, 4.69) is 24.3 Å². The van der Waals surface area contributed by atoms with Crippen LogP contribution >= 0.6 is 12.4 Å². The summed E-state index contributed by atoms with van der Waals surface area (Å²) in [5, 5.41) is 0. The molecule has 1 aromatic rings. The highest BCUT2D eigenvalue weighted by Crippen LogP contribution is 2.06. The van der Waals surface area contributed by atoms with E-state index >= 15 is 0 Å². The number of benzene rings is 1. The quantitative estimate of drug-likeness (QED) is 0.817. The number of methoxy groups -OCH3 is 1. The Kier molecular flexibility index (Phi) is 7.48. The molecule has 1 rings (SSSR count). The Labute approximate surface area is 91.9 Å². The standard InChI is InChI=1S/C11H17NO.ClH/c1-13-9-11-6-4-10(5-7-11)3-2-8-12;/h4-7H,2-3,8-9,12H2,1H3;1H. The predicted molar refractivity (Wildman–Crippen MR) is 61.8 cm³/mol. The maximum Gasteiger partial charge on any atom is 0.0713 e. The van der Waals surface area contributed by atoms with E-state index in [1.54, 1.807) is 7.11 Å². The summed E-state index contributed by atoms with van der Waals surface area (Å²) in [6, 6.07) is 8.50. The van der Waals surface area contributed by atoms with E-state index in [9.17, 15) is 0 Å². The van der Waals surface area contributed by atoms with Gasteiger partial charge in [0, 0.05) is 7.11 Å². The van der Waals surface area contributed by atoms with Gasteiger partial charge in [-0.25, -0.2) is 0 Å². The van der Waals surface area contributed by atoms with Gasteiger partial charge in [0.25, 0.3) is 0 Å². The van der Waals surface area contributed by atoms with Crippen LogP contribution in [0.25, 0.3) is 0 Å². The molecule has 0 spiro atoms. The van der Waals surface area contributed by atoms with Crippen molar-refractivity contribution >= 4 is 12.4 Å². The minimum absolute atomic E-state index is 0. The number of hydrogen-bond donors (Lipinski definition) is 1. The first-order valence-electron chi connectivity index (χ1n) is 4.63. The van der Waals surface area contributed by atoms with Crippen LogP contribution in [0.5, 0.6) is 0 Å². The van der Waals surface area contributed by atoms with E-state index in [-0.39, 0.29) is 12.4 Å². The van der Waals surface area contributed by atoms with Gasteiger partial charge in [-0.05, 0) is 30.5 Å². The highest BCUT2D eigenvalue weighted by Gasteiger charge is 1.93. The predicted octanol–water partition coefficient (Wildman–Crippen LogP) is 2.15. The average Bonchev–Trinajstić information content (AvgIpc) is 2.17. The van der Waals surface area contributed by atoms with Crippen molar-refractivity contribution < 1.29 is 4.74 Å². The van der Waals surface area contributed by atoms with E-state index in [0.29, 0.717) is 6.61 Å². The van der Waals surface area contributed by atoms with Crippen molar-refractivity contribution in [1.82, 2.24) is 0 Å². The van der Waals surface area contributed by atoms with Gasteiger partial charge in [0.1, 0.15) is 0 Å². The molecule has 0 atom stereocenters. The van der Waals surface area contributed by atoms with Crippen molar-refractivity contribution in [2.45, 2.75) is 19.4 Å². The summed E-state index contributed by atoms with van der Waals surface area (Å²) in [5.74, 6) is 0. The summed E-state index contributed by atoms with van der Waals surface area (Å²) >= 11 is 0. The molecule has 0 unspecified atom stereocenters. The molecule has 0 saturated heterocycles. The van der Waals surface area contributed by atoms with Crippen LogP contribution in [0.3, 0.4) is 0 Å². The Bertz CT molecular complexity index is 236. The van der Waals surface area contributed by atoms with E-state index in [1.165, 1.54) is 11.1 Å². The smallest absolute Gasteiger partial charge is 0.0713 e. The van der Waals surface area contributed by atoms with Crippen LogP contribution in [0, 0.1) is 0 Å². The zero-order chi connectivity index (χ0) is 9.52. The Morgan fingerprint density at radius 3 is 2.21 bits per heavy atom. The zero-order valence-corrected chi connectivity index (χ0v) is 9.35. The Morgan fingerprint density at radius 1 is 1.14 bits per heavy atom. The molecule has 0 saturated carbocycles. The molecule has 80 valence electrons. The summed E-state index contributed by atoms with van der Waals surface area (Å²) < 4.78 is 5.03. The van der Waals surface area contributed by atoms with E-state index < -0.39 is 0 Å². The van der Waals surface area contributed by atoms with Crippen molar-refractivity contribution in [2.24, 2.45) is 5.73 Å². The second kappa shape index (κ2) is 7.80. The molecule has 0 fully saturated rings. The number of aryl methyl sites for hydroxylation is 1. The van der Waals surface area contributed by atoms with Crippen molar-refractivity contribution in [3.63, 3.8) is 0 Å². The molecule has 0 bridgehead atoms. The van der Waals surface area contributed by atoms with Crippen molar-refractivity contribution in [3.05, 3.63) is 35.4 Å².